The zero-order chi connectivity index (χ0) is 21.0. The molecule has 1 N–H and O–H groups in total. The molecule has 156 valence electrons. The molecule has 0 unspecified atom stereocenters. The zero-order valence-electron chi connectivity index (χ0n) is 17.4. The number of carbonyl (C=O) groups is 2. The van der Waals surface area contributed by atoms with E-state index in [0.717, 1.165) is 29.0 Å². The van der Waals surface area contributed by atoms with Gasteiger partial charge in [-0.2, -0.15) is 0 Å². The van der Waals surface area contributed by atoms with Crippen molar-refractivity contribution in [1.29, 1.82) is 0 Å². The van der Waals surface area contributed by atoms with Gasteiger partial charge in [0.25, 0.3) is 0 Å². The smallest absolute Gasteiger partial charge is 0.410 e. The number of ether oxygens (including phenoxy) is 2. The van der Waals surface area contributed by atoms with Crippen molar-refractivity contribution in [2.75, 3.05) is 25.5 Å². The minimum absolute atomic E-state index is 0.176. The number of hydrogen-bond acceptors (Lipinski definition) is 6. The molecule has 0 radical (unpaired) electrons. The van der Waals surface area contributed by atoms with Gasteiger partial charge in [0, 0.05) is 24.0 Å². The van der Waals surface area contributed by atoms with Gasteiger partial charge < -0.3 is 19.7 Å². The summed E-state index contributed by atoms with van der Waals surface area (Å²) < 4.78 is 10.4. The molecule has 1 saturated heterocycles. The third kappa shape index (κ3) is 5.50. The molecule has 0 atom stereocenters. The Morgan fingerprint density at radius 1 is 1.14 bits per heavy atom. The maximum atomic E-state index is 12.3. The van der Waals surface area contributed by atoms with Gasteiger partial charge in [-0.25, -0.2) is 9.59 Å². The number of nitrogens with one attached hydrogen (secondary N) is 1. The van der Waals surface area contributed by atoms with Crippen molar-refractivity contribution in [3.8, 4) is 10.4 Å². The Labute approximate surface area is 175 Å². The number of nitrogens with zero attached hydrogens (tertiary/aromatic N) is 1. The van der Waals surface area contributed by atoms with Crippen LogP contribution in [-0.4, -0.2) is 48.8 Å². The molecule has 0 spiro atoms. The van der Waals surface area contributed by atoms with Crippen LogP contribution in [0.15, 0.2) is 36.4 Å². The van der Waals surface area contributed by atoms with Gasteiger partial charge in [-0.3, -0.25) is 0 Å². The van der Waals surface area contributed by atoms with Crippen LogP contribution in [0.2, 0.25) is 0 Å². The Morgan fingerprint density at radius 3 is 2.38 bits per heavy atom. The molecule has 3 rings (SSSR count). The fourth-order valence-corrected chi connectivity index (χ4v) is 4.29. The number of carbonyl (C=O) groups excluding carboxylic acids is 2. The van der Waals surface area contributed by atoms with Crippen LogP contribution >= 0.6 is 11.3 Å². The van der Waals surface area contributed by atoms with Gasteiger partial charge in [0.2, 0.25) is 0 Å². The highest BCUT2D eigenvalue weighted by atomic mass is 32.1. The molecular formula is C22H28N2O4S. The maximum Gasteiger partial charge on any atom is 0.410 e. The van der Waals surface area contributed by atoms with Crippen LogP contribution in [-0.2, 0) is 9.47 Å². The summed E-state index contributed by atoms with van der Waals surface area (Å²) in [7, 11) is 1.40. The SMILES string of the molecule is COC(=O)c1sc(-c2ccccc2)cc1NC1CCN(C(=O)OC(C)(C)C)CC1. The molecule has 1 aliphatic rings. The Balaban J connectivity index is 1.68. The zero-order valence-corrected chi connectivity index (χ0v) is 18.2. The number of benzene rings is 1. The van der Waals surface area contributed by atoms with Crippen LogP contribution in [0, 0.1) is 0 Å². The van der Waals surface area contributed by atoms with Gasteiger partial charge in [-0.05, 0) is 45.2 Å². The minimum Gasteiger partial charge on any atom is -0.465 e. The number of piperidine rings is 1. The monoisotopic (exact) mass is 416 g/mol. The summed E-state index contributed by atoms with van der Waals surface area (Å²) in [5.41, 5.74) is 1.36. The van der Waals surface area contributed by atoms with Gasteiger partial charge in [0.05, 0.1) is 12.8 Å². The van der Waals surface area contributed by atoms with Crippen LogP contribution in [0.3, 0.4) is 0 Å². The van der Waals surface area contributed by atoms with Gasteiger partial charge in [-0.15, -0.1) is 11.3 Å². The molecule has 0 saturated carbocycles. The van der Waals surface area contributed by atoms with Crippen molar-refractivity contribution >= 4 is 29.1 Å². The molecule has 1 aromatic heterocycles. The molecule has 6 nitrogen and oxygen atoms in total. The summed E-state index contributed by atoms with van der Waals surface area (Å²) in [5, 5.41) is 3.49. The number of methoxy groups -OCH3 is 1. The lowest BCUT2D eigenvalue weighted by Gasteiger charge is -2.34. The fraction of sp³-hybridized carbons (Fsp3) is 0.455. The topological polar surface area (TPSA) is 67.9 Å². The van der Waals surface area contributed by atoms with E-state index < -0.39 is 5.60 Å². The number of rotatable bonds is 4. The van der Waals surface area contributed by atoms with Crippen molar-refractivity contribution in [2.24, 2.45) is 0 Å². The second-order valence-corrected chi connectivity index (χ2v) is 9.15. The van der Waals surface area contributed by atoms with Crippen molar-refractivity contribution in [3.05, 3.63) is 41.3 Å². The number of amides is 1. The Morgan fingerprint density at radius 2 is 1.79 bits per heavy atom. The summed E-state index contributed by atoms with van der Waals surface area (Å²) >= 11 is 1.42. The Kier molecular flexibility index (Phi) is 6.47. The first kappa shape index (κ1) is 21.2. The number of thiophene rings is 1. The number of esters is 1. The number of likely N-dealkylation sites (tertiary alicyclic amines) is 1. The van der Waals surface area contributed by atoms with E-state index in [1.807, 2.05) is 57.2 Å². The van der Waals surface area contributed by atoms with E-state index in [9.17, 15) is 9.59 Å². The van der Waals surface area contributed by atoms with E-state index in [2.05, 4.69) is 5.32 Å². The lowest BCUT2D eigenvalue weighted by Crippen LogP contribution is -2.44. The molecule has 7 heteroatoms. The van der Waals surface area contributed by atoms with E-state index in [1.54, 1.807) is 4.90 Å². The van der Waals surface area contributed by atoms with Crippen LogP contribution in [0.5, 0.6) is 0 Å². The van der Waals surface area contributed by atoms with Crippen molar-refractivity contribution in [3.63, 3.8) is 0 Å². The minimum atomic E-state index is -0.494. The summed E-state index contributed by atoms with van der Waals surface area (Å²) in [5.74, 6) is -0.342. The largest absolute Gasteiger partial charge is 0.465 e. The second-order valence-electron chi connectivity index (χ2n) is 8.10. The Hall–Kier alpha value is -2.54. The molecule has 2 aromatic rings. The predicted molar refractivity (Wildman–Crippen MR) is 116 cm³/mol. The summed E-state index contributed by atoms with van der Waals surface area (Å²) in [6.07, 6.45) is 1.31. The maximum absolute atomic E-state index is 12.3. The van der Waals surface area contributed by atoms with Gasteiger partial charge in [0.15, 0.2) is 0 Å². The molecule has 0 bridgehead atoms. The third-order valence-corrected chi connectivity index (χ3v) is 5.83. The van der Waals surface area contributed by atoms with Crippen LogP contribution in [0.1, 0.15) is 43.3 Å². The first-order valence-corrected chi connectivity index (χ1v) is 10.6. The van der Waals surface area contributed by atoms with Gasteiger partial charge in [0.1, 0.15) is 10.5 Å². The highest BCUT2D eigenvalue weighted by Crippen LogP contribution is 2.36. The van der Waals surface area contributed by atoms with Crippen LogP contribution in [0.4, 0.5) is 10.5 Å². The van der Waals surface area contributed by atoms with Crippen molar-refractivity contribution < 1.29 is 19.1 Å². The van der Waals surface area contributed by atoms with E-state index in [0.29, 0.717) is 18.0 Å². The van der Waals surface area contributed by atoms with Crippen molar-refractivity contribution in [1.82, 2.24) is 4.90 Å². The molecule has 29 heavy (non-hydrogen) atoms. The molecular weight excluding hydrogens is 388 g/mol. The van der Waals surface area contributed by atoms with Crippen LogP contribution in [0.25, 0.3) is 10.4 Å². The van der Waals surface area contributed by atoms with E-state index >= 15 is 0 Å². The highest BCUT2D eigenvalue weighted by Gasteiger charge is 2.28. The molecule has 1 aliphatic heterocycles. The fourth-order valence-electron chi connectivity index (χ4n) is 3.24. The van der Waals surface area contributed by atoms with E-state index in [4.69, 9.17) is 9.47 Å². The standard InChI is InChI=1S/C22H28N2O4S/c1-22(2,3)28-21(26)24-12-10-16(11-13-24)23-17-14-18(15-8-6-5-7-9-15)29-19(17)20(25)27-4/h5-9,14,16,23H,10-13H2,1-4H3. The number of anilines is 1. The molecule has 0 aliphatic carbocycles. The van der Waals surface area contributed by atoms with E-state index in [1.165, 1.54) is 18.4 Å². The predicted octanol–water partition coefficient (Wildman–Crippen LogP) is 5.01. The molecule has 1 amide bonds. The molecule has 1 aromatic carbocycles. The van der Waals surface area contributed by atoms with Crippen LogP contribution < -0.4 is 5.32 Å². The quantitative estimate of drug-likeness (QED) is 0.710. The summed E-state index contributed by atoms with van der Waals surface area (Å²) in [4.78, 5) is 27.8. The first-order chi connectivity index (χ1) is 13.8. The van der Waals surface area contributed by atoms with Gasteiger partial charge in [-0.1, -0.05) is 30.3 Å². The highest BCUT2D eigenvalue weighted by molar-refractivity contribution is 7.18. The van der Waals surface area contributed by atoms with Gasteiger partial charge >= 0.3 is 12.1 Å². The first-order valence-electron chi connectivity index (χ1n) is 9.79. The lowest BCUT2D eigenvalue weighted by molar-refractivity contribution is 0.0210. The average molecular weight is 417 g/mol. The second kappa shape index (κ2) is 8.86. The lowest BCUT2D eigenvalue weighted by atomic mass is 10.0. The van der Waals surface area contributed by atoms with Crippen molar-refractivity contribution in [2.45, 2.75) is 45.3 Å². The molecule has 1 fully saturated rings. The summed E-state index contributed by atoms with van der Waals surface area (Å²) in [6.45, 7) is 6.85. The number of hydrogen-bond donors (Lipinski definition) is 1. The third-order valence-electron chi connectivity index (χ3n) is 4.67. The summed E-state index contributed by atoms with van der Waals surface area (Å²) in [6, 6.07) is 12.2. The van der Waals surface area contributed by atoms with E-state index in [-0.39, 0.29) is 18.1 Å². The molecule has 2 heterocycles. The normalized spacial score (nSPS) is 15.1. The average Bonchev–Trinajstić information content (AvgIpc) is 3.11. The Bertz CT molecular complexity index is 849.